The van der Waals surface area contributed by atoms with Gasteiger partial charge in [0.15, 0.2) is 4.80 Å². The molecule has 1 aromatic heterocycles. The van der Waals surface area contributed by atoms with Crippen molar-refractivity contribution in [3.63, 3.8) is 0 Å². The number of nitrogens with zero attached hydrogens (tertiary/aromatic N) is 2. The topological polar surface area (TPSA) is 69.9 Å². The number of aromatic nitrogens is 1. The summed E-state index contributed by atoms with van der Waals surface area (Å²) in [6.45, 7) is 1.94. The summed E-state index contributed by atoms with van der Waals surface area (Å²) in [5.74, 6) is 0.130. The van der Waals surface area contributed by atoms with Crippen LogP contribution in [0.5, 0.6) is 5.75 Å². The van der Waals surface area contributed by atoms with Gasteiger partial charge in [0.25, 0.3) is 0 Å². The second-order valence-corrected chi connectivity index (χ2v) is 5.65. The zero-order valence-electron chi connectivity index (χ0n) is 12.8. The van der Waals surface area contributed by atoms with Gasteiger partial charge in [-0.1, -0.05) is 18.3 Å². The highest BCUT2D eigenvalue weighted by atomic mass is 32.1. The van der Waals surface area contributed by atoms with E-state index in [0.29, 0.717) is 17.0 Å². The molecule has 0 aliphatic carbocycles. The Morgan fingerprint density at radius 1 is 1.32 bits per heavy atom. The van der Waals surface area contributed by atoms with Crippen molar-refractivity contribution in [2.45, 2.75) is 26.3 Å². The molecule has 118 valence electrons. The van der Waals surface area contributed by atoms with Crippen LogP contribution in [0.15, 0.2) is 23.2 Å². The second kappa shape index (κ2) is 7.22. The Bertz CT molecular complexity index is 760. The Hall–Kier alpha value is -2.15. The van der Waals surface area contributed by atoms with Gasteiger partial charge in [0.2, 0.25) is 5.91 Å². The van der Waals surface area contributed by atoms with Crippen molar-refractivity contribution in [2.75, 3.05) is 14.2 Å². The molecular formula is C15H18N2O4S. The first kappa shape index (κ1) is 16.2. The molecule has 7 heteroatoms. The zero-order chi connectivity index (χ0) is 16.1. The summed E-state index contributed by atoms with van der Waals surface area (Å²) in [5, 5.41) is 0. The second-order valence-electron chi connectivity index (χ2n) is 4.64. The monoisotopic (exact) mass is 322 g/mol. The van der Waals surface area contributed by atoms with Gasteiger partial charge in [-0.3, -0.25) is 9.59 Å². The van der Waals surface area contributed by atoms with Crippen molar-refractivity contribution in [3.8, 4) is 5.75 Å². The van der Waals surface area contributed by atoms with E-state index in [1.165, 1.54) is 18.4 Å². The van der Waals surface area contributed by atoms with Crippen LogP contribution in [0.25, 0.3) is 10.2 Å². The van der Waals surface area contributed by atoms with Crippen LogP contribution >= 0.6 is 11.3 Å². The van der Waals surface area contributed by atoms with Crippen molar-refractivity contribution >= 4 is 33.4 Å². The lowest BCUT2D eigenvalue weighted by Gasteiger charge is -2.04. The maximum atomic E-state index is 11.8. The number of methoxy groups -OCH3 is 2. The summed E-state index contributed by atoms with van der Waals surface area (Å²) in [5.41, 5.74) is 0.819. The summed E-state index contributed by atoms with van der Waals surface area (Å²) >= 11 is 1.35. The van der Waals surface area contributed by atoms with E-state index in [1.54, 1.807) is 17.7 Å². The van der Waals surface area contributed by atoms with Crippen LogP contribution in [0, 0.1) is 0 Å². The smallest absolute Gasteiger partial charge is 0.325 e. The van der Waals surface area contributed by atoms with E-state index in [-0.39, 0.29) is 18.4 Å². The van der Waals surface area contributed by atoms with E-state index in [2.05, 4.69) is 4.99 Å². The first-order chi connectivity index (χ1) is 10.6. The van der Waals surface area contributed by atoms with E-state index in [0.717, 1.165) is 16.6 Å². The fraction of sp³-hybridized carbons (Fsp3) is 0.400. The maximum Gasteiger partial charge on any atom is 0.325 e. The summed E-state index contributed by atoms with van der Waals surface area (Å²) in [7, 11) is 2.92. The van der Waals surface area contributed by atoms with Crippen molar-refractivity contribution in [3.05, 3.63) is 23.0 Å². The molecule has 0 saturated carbocycles. The predicted octanol–water partition coefficient (Wildman–Crippen LogP) is 2.11. The third-order valence-electron chi connectivity index (χ3n) is 3.09. The van der Waals surface area contributed by atoms with Crippen molar-refractivity contribution in [1.29, 1.82) is 0 Å². The molecule has 22 heavy (non-hydrogen) atoms. The van der Waals surface area contributed by atoms with Gasteiger partial charge in [-0.25, -0.2) is 0 Å². The largest absolute Gasteiger partial charge is 0.497 e. The van der Waals surface area contributed by atoms with E-state index < -0.39 is 0 Å². The fourth-order valence-corrected chi connectivity index (χ4v) is 3.06. The summed E-state index contributed by atoms with van der Waals surface area (Å²) < 4.78 is 12.5. The van der Waals surface area contributed by atoms with Gasteiger partial charge in [-0.2, -0.15) is 4.99 Å². The van der Waals surface area contributed by atoms with Crippen molar-refractivity contribution in [2.24, 2.45) is 4.99 Å². The highest BCUT2D eigenvalue weighted by Gasteiger charge is 2.12. The minimum absolute atomic E-state index is 0.0149. The molecule has 0 aliphatic rings. The number of hydrogen-bond donors (Lipinski definition) is 0. The maximum absolute atomic E-state index is 11.8. The van der Waals surface area contributed by atoms with Gasteiger partial charge in [-0.05, 0) is 24.6 Å². The molecule has 0 bridgehead atoms. The van der Waals surface area contributed by atoms with Crippen molar-refractivity contribution < 1.29 is 19.1 Å². The van der Waals surface area contributed by atoms with E-state index in [1.807, 2.05) is 19.1 Å². The van der Waals surface area contributed by atoms with E-state index in [9.17, 15) is 9.59 Å². The Balaban J connectivity index is 2.59. The molecule has 1 heterocycles. The third-order valence-corrected chi connectivity index (χ3v) is 4.13. The number of esters is 1. The average molecular weight is 322 g/mol. The number of thiazole rings is 1. The van der Waals surface area contributed by atoms with Crippen LogP contribution < -0.4 is 9.54 Å². The molecule has 0 radical (unpaired) electrons. The molecule has 0 atom stereocenters. The Kier molecular flexibility index (Phi) is 5.32. The van der Waals surface area contributed by atoms with Gasteiger partial charge in [-0.15, -0.1) is 0 Å². The number of rotatable bonds is 5. The van der Waals surface area contributed by atoms with Gasteiger partial charge in [0.05, 0.1) is 24.4 Å². The third kappa shape index (κ3) is 3.54. The van der Waals surface area contributed by atoms with Crippen LogP contribution in [0.3, 0.4) is 0 Å². The molecule has 0 fully saturated rings. The quantitative estimate of drug-likeness (QED) is 0.791. The fourth-order valence-electron chi connectivity index (χ4n) is 1.99. The Labute approximate surface area is 132 Å². The molecular weight excluding hydrogens is 304 g/mol. The van der Waals surface area contributed by atoms with Gasteiger partial charge in [0.1, 0.15) is 12.3 Å². The first-order valence-corrected chi connectivity index (χ1v) is 7.72. The van der Waals surface area contributed by atoms with Crippen LogP contribution in [0.4, 0.5) is 0 Å². The highest BCUT2D eigenvalue weighted by Crippen LogP contribution is 2.23. The number of fused-ring (bicyclic) bond motifs is 1. The lowest BCUT2D eigenvalue weighted by molar-refractivity contribution is -0.141. The average Bonchev–Trinajstić information content (AvgIpc) is 2.83. The minimum atomic E-state index is -0.389. The predicted molar refractivity (Wildman–Crippen MR) is 83.9 cm³/mol. The molecule has 1 aromatic carbocycles. The number of hydrogen-bond acceptors (Lipinski definition) is 5. The van der Waals surface area contributed by atoms with Crippen LogP contribution in [0.2, 0.25) is 0 Å². The Morgan fingerprint density at radius 2 is 2.09 bits per heavy atom. The standard InChI is InChI=1S/C15H18N2O4S/c1-4-5-13(18)16-15-17(9-14(19)21-3)11-7-6-10(20-2)8-12(11)22-15/h6-8H,4-5,9H2,1-3H3. The lowest BCUT2D eigenvalue weighted by atomic mass is 10.3. The number of carbonyl (C=O) groups is 2. The normalized spacial score (nSPS) is 11.7. The number of ether oxygens (including phenoxy) is 2. The van der Waals surface area contributed by atoms with E-state index >= 15 is 0 Å². The molecule has 2 aromatic rings. The molecule has 0 spiro atoms. The van der Waals surface area contributed by atoms with Gasteiger partial charge < -0.3 is 14.0 Å². The highest BCUT2D eigenvalue weighted by molar-refractivity contribution is 7.16. The summed E-state index contributed by atoms with van der Waals surface area (Å²) in [6, 6.07) is 5.51. The molecule has 0 aliphatic heterocycles. The SMILES string of the molecule is CCCC(=O)N=c1sc2cc(OC)ccc2n1CC(=O)OC. The van der Waals surface area contributed by atoms with Crippen LogP contribution in [-0.2, 0) is 20.9 Å². The lowest BCUT2D eigenvalue weighted by Crippen LogP contribution is -2.22. The summed E-state index contributed by atoms with van der Waals surface area (Å²) in [4.78, 5) is 28.0. The number of carbonyl (C=O) groups excluding carboxylic acids is 2. The first-order valence-electron chi connectivity index (χ1n) is 6.90. The number of amides is 1. The van der Waals surface area contributed by atoms with Crippen LogP contribution in [-0.4, -0.2) is 30.7 Å². The molecule has 0 N–H and O–H groups in total. The van der Waals surface area contributed by atoms with Crippen LogP contribution in [0.1, 0.15) is 19.8 Å². The zero-order valence-corrected chi connectivity index (χ0v) is 13.6. The molecule has 0 unspecified atom stereocenters. The summed E-state index contributed by atoms with van der Waals surface area (Å²) in [6.07, 6.45) is 1.12. The minimum Gasteiger partial charge on any atom is -0.497 e. The molecule has 0 saturated heterocycles. The molecule has 1 amide bonds. The number of benzene rings is 1. The molecule has 2 rings (SSSR count). The van der Waals surface area contributed by atoms with Gasteiger partial charge >= 0.3 is 5.97 Å². The van der Waals surface area contributed by atoms with Crippen molar-refractivity contribution in [1.82, 2.24) is 4.57 Å². The van der Waals surface area contributed by atoms with Gasteiger partial charge in [0, 0.05) is 6.42 Å². The van der Waals surface area contributed by atoms with E-state index in [4.69, 9.17) is 9.47 Å². The molecule has 6 nitrogen and oxygen atoms in total. The Morgan fingerprint density at radius 3 is 2.73 bits per heavy atom.